The maximum absolute atomic E-state index is 12.8. The molecule has 0 aromatic rings. The first kappa shape index (κ1) is 34.2. The SMILES string of the molecule is NC(=O)CNC(=O)C1CSSC[C@H](N)C(=O)NC(CCCN=C(N)N)C(=O)NCC(=O)NC(CC(=O)O)C(=O)N1. The molecule has 6 amide bonds. The molecule has 18 nitrogen and oxygen atoms in total. The van der Waals surface area contributed by atoms with Gasteiger partial charge in [0, 0.05) is 18.1 Å². The molecule has 3 unspecified atom stereocenters. The minimum absolute atomic E-state index is 0.0457. The van der Waals surface area contributed by atoms with Crippen LogP contribution in [-0.4, -0.2) is 108 Å². The largest absolute Gasteiger partial charge is 0.481 e. The van der Waals surface area contributed by atoms with Crippen molar-refractivity contribution in [2.24, 2.45) is 27.9 Å². The van der Waals surface area contributed by atoms with E-state index in [4.69, 9.17) is 22.9 Å². The number of amides is 6. The smallest absolute Gasteiger partial charge is 0.305 e. The first-order valence-electron chi connectivity index (χ1n) is 11.8. The van der Waals surface area contributed by atoms with Gasteiger partial charge < -0.3 is 54.6 Å². The Morgan fingerprint density at radius 1 is 0.950 bits per heavy atom. The molecule has 1 aliphatic rings. The summed E-state index contributed by atoms with van der Waals surface area (Å²) in [7, 11) is 2.14. The lowest BCUT2D eigenvalue weighted by molar-refractivity contribution is -0.141. The van der Waals surface area contributed by atoms with Crippen molar-refractivity contribution in [2.45, 2.75) is 43.4 Å². The van der Waals surface area contributed by atoms with Gasteiger partial charge in [-0.3, -0.25) is 38.6 Å². The Hall–Kier alpha value is -3.78. The van der Waals surface area contributed by atoms with Crippen LogP contribution in [0.25, 0.3) is 0 Å². The van der Waals surface area contributed by atoms with Crippen LogP contribution in [0.4, 0.5) is 0 Å². The van der Waals surface area contributed by atoms with Gasteiger partial charge in [-0.1, -0.05) is 21.6 Å². The van der Waals surface area contributed by atoms with Crippen molar-refractivity contribution in [1.82, 2.24) is 26.6 Å². The predicted molar refractivity (Wildman–Crippen MR) is 146 cm³/mol. The predicted octanol–water partition coefficient (Wildman–Crippen LogP) is -5.59. The zero-order valence-electron chi connectivity index (χ0n) is 21.3. The van der Waals surface area contributed by atoms with Crippen LogP contribution in [0.2, 0.25) is 0 Å². The fourth-order valence-corrected chi connectivity index (χ4v) is 5.32. The summed E-state index contributed by atoms with van der Waals surface area (Å²) >= 11 is 0. The zero-order chi connectivity index (χ0) is 30.2. The van der Waals surface area contributed by atoms with Crippen LogP contribution in [0.5, 0.6) is 0 Å². The molecule has 40 heavy (non-hydrogen) atoms. The molecule has 0 radical (unpaired) electrons. The average molecular weight is 607 g/mol. The van der Waals surface area contributed by atoms with Gasteiger partial charge in [0.1, 0.15) is 18.1 Å². The molecule has 1 aliphatic heterocycles. The molecule has 0 spiro atoms. The molecule has 1 rings (SSSR count). The van der Waals surface area contributed by atoms with Crippen molar-refractivity contribution in [2.75, 3.05) is 31.1 Å². The van der Waals surface area contributed by atoms with Crippen LogP contribution in [0.1, 0.15) is 19.3 Å². The molecule has 0 saturated carbocycles. The molecule has 4 atom stereocenters. The fourth-order valence-electron chi connectivity index (χ4n) is 3.04. The summed E-state index contributed by atoms with van der Waals surface area (Å²) < 4.78 is 0. The Morgan fingerprint density at radius 2 is 1.62 bits per heavy atom. The number of nitrogens with two attached hydrogens (primary N) is 4. The van der Waals surface area contributed by atoms with E-state index in [0.717, 1.165) is 21.6 Å². The van der Waals surface area contributed by atoms with Gasteiger partial charge in [0.15, 0.2) is 5.96 Å². The van der Waals surface area contributed by atoms with E-state index in [-0.39, 0.29) is 30.4 Å². The van der Waals surface area contributed by atoms with Crippen LogP contribution in [-0.2, 0) is 33.6 Å². The number of carboxylic acid groups (broad SMARTS) is 1. The van der Waals surface area contributed by atoms with Gasteiger partial charge in [0.05, 0.1) is 25.6 Å². The van der Waals surface area contributed by atoms with Gasteiger partial charge in [0.25, 0.3) is 0 Å². The summed E-state index contributed by atoms with van der Waals surface area (Å²) in [6.45, 7) is -1.01. The zero-order valence-corrected chi connectivity index (χ0v) is 23.0. The summed E-state index contributed by atoms with van der Waals surface area (Å²) in [5, 5.41) is 20.8. The normalized spacial score (nSPS) is 23.3. The van der Waals surface area contributed by atoms with Crippen molar-refractivity contribution in [1.29, 1.82) is 0 Å². The molecular weight excluding hydrogens is 572 g/mol. The molecule has 0 aliphatic carbocycles. The van der Waals surface area contributed by atoms with E-state index in [2.05, 4.69) is 31.6 Å². The minimum atomic E-state index is -1.61. The Balaban J connectivity index is 3.14. The minimum Gasteiger partial charge on any atom is -0.481 e. The standard InChI is InChI=1S/C20H34N10O8S2/c21-9-7-39-40-8-12(18(37)26-5-13(22)31)30-19(38)11(4-15(33)34)28-14(32)6-27-17(36)10(29-16(9)35)2-1-3-25-20(23)24/h9-12H,1-8,21H2,(H2,22,31)(H,26,37)(H,27,36)(H,28,32)(H,29,35)(H,30,38)(H,33,34)(H4,23,24,25)/t9-,10?,11?,12?/m0/s1. The van der Waals surface area contributed by atoms with Crippen molar-refractivity contribution in [3.05, 3.63) is 0 Å². The van der Waals surface area contributed by atoms with Crippen LogP contribution >= 0.6 is 21.6 Å². The first-order valence-corrected chi connectivity index (χ1v) is 14.3. The number of aliphatic carboxylic acids is 1. The van der Waals surface area contributed by atoms with Gasteiger partial charge in [0.2, 0.25) is 35.4 Å². The summed E-state index contributed by atoms with van der Waals surface area (Å²) in [5.41, 5.74) is 21.5. The molecule has 0 aromatic carbocycles. The van der Waals surface area contributed by atoms with Gasteiger partial charge in [-0.15, -0.1) is 0 Å². The third-order valence-electron chi connectivity index (χ3n) is 5.00. The molecule has 1 heterocycles. The summed E-state index contributed by atoms with van der Waals surface area (Å²) in [4.78, 5) is 89.4. The van der Waals surface area contributed by atoms with Gasteiger partial charge in [-0.2, -0.15) is 0 Å². The molecule has 20 heteroatoms. The molecule has 1 saturated heterocycles. The van der Waals surface area contributed by atoms with Crippen molar-refractivity contribution < 1.29 is 38.7 Å². The number of nitrogens with zero attached hydrogens (tertiary/aromatic N) is 1. The maximum Gasteiger partial charge on any atom is 0.305 e. The van der Waals surface area contributed by atoms with Crippen LogP contribution in [0, 0.1) is 0 Å². The monoisotopic (exact) mass is 606 g/mol. The average Bonchev–Trinajstić information content (AvgIpc) is 2.87. The first-order chi connectivity index (χ1) is 18.8. The van der Waals surface area contributed by atoms with E-state index in [9.17, 15) is 38.7 Å². The van der Waals surface area contributed by atoms with Gasteiger partial charge >= 0.3 is 5.97 Å². The number of rotatable bonds is 9. The number of guanidine groups is 1. The number of nitrogens with one attached hydrogen (secondary N) is 5. The Kier molecular flexibility index (Phi) is 15.2. The third kappa shape index (κ3) is 13.8. The van der Waals surface area contributed by atoms with E-state index in [1.165, 1.54) is 0 Å². The van der Waals surface area contributed by atoms with Gasteiger partial charge in [-0.25, -0.2) is 0 Å². The van der Waals surface area contributed by atoms with Crippen LogP contribution in [0.3, 0.4) is 0 Å². The van der Waals surface area contributed by atoms with E-state index in [1.54, 1.807) is 0 Å². The Bertz CT molecular complexity index is 994. The number of hydrogen-bond acceptors (Lipinski definition) is 11. The van der Waals surface area contributed by atoms with Crippen LogP contribution in [0.15, 0.2) is 4.99 Å². The summed E-state index contributed by atoms with van der Waals surface area (Å²) in [6, 6.07) is -5.05. The number of carbonyl (C=O) groups is 7. The number of carbonyl (C=O) groups excluding carboxylic acids is 6. The quantitative estimate of drug-likeness (QED) is 0.0507. The van der Waals surface area contributed by atoms with E-state index in [1.807, 2.05) is 0 Å². The Labute approximate surface area is 236 Å². The van der Waals surface area contributed by atoms with Crippen molar-refractivity contribution >= 4 is 69.0 Å². The van der Waals surface area contributed by atoms with E-state index in [0.29, 0.717) is 6.42 Å². The molecule has 14 N–H and O–H groups in total. The second kappa shape index (κ2) is 17.7. The fraction of sp³-hybridized carbons (Fsp3) is 0.600. The lowest BCUT2D eigenvalue weighted by atomic mass is 10.1. The highest BCUT2D eigenvalue weighted by molar-refractivity contribution is 8.76. The lowest BCUT2D eigenvalue weighted by Crippen LogP contribution is -2.57. The highest BCUT2D eigenvalue weighted by atomic mass is 33.1. The number of aliphatic imine (C=N–C) groups is 1. The topological polar surface area (TPSA) is 316 Å². The highest BCUT2D eigenvalue weighted by Crippen LogP contribution is 2.23. The Morgan fingerprint density at radius 3 is 2.25 bits per heavy atom. The second-order valence-electron chi connectivity index (χ2n) is 8.37. The highest BCUT2D eigenvalue weighted by Gasteiger charge is 2.30. The van der Waals surface area contributed by atoms with E-state index >= 15 is 0 Å². The second-order valence-corrected chi connectivity index (χ2v) is 10.9. The number of hydrogen-bond donors (Lipinski definition) is 10. The summed E-state index contributed by atoms with van der Waals surface area (Å²) in [6.07, 6.45) is -0.444. The van der Waals surface area contributed by atoms with Crippen molar-refractivity contribution in [3.8, 4) is 0 Å². The van der Waals surface area contributed by atoms with Crippen LogP contribution < -0.4 is 49.5 Å². The molecule has 1 fully saturated rings. The molecule has 0 bridgehead atoms. The lowest BCUT2D eigenvalue weighted by Gasteiger charge is -2.22. The third-order valence-corrected chi connectivity index (χ3v) is 7.45. The number of carboxylic acids is 1. The number of primary amides is 1. The summed E-state index contributed by atoms with van der Waals surface area (Å²) in [5.74, 6) is -6.56. The van der Waals surface area contributed by atoms with E-state index < -0.39 is 85.1 Å². The van der Waals surface area contributed by atoms with Crippen molar-refractivity contribution in [3.63, 3.8) is 0 Å². The molecule has 224 valence electrons. The molecular formula is C20H34N10O8S2. The molecule has 0 aromatic heterocycles. The van der Waals surface area contributed by atoms with Gasteiger partial charge in [-0.05, 0) is 12.8 Å². The maximum atomic E-state index is 12.8.